The fraction of sp³-hybridized carbons (Fsp3) is 0. The van der Waals surface area contributed by atoms with E-state index in [-0.39, 0.29) is 0 Å². The summed E-state index contributed by atoms with van der Waals surface area (Å²) in [6.07, 6.45) is 0. The molecule has 66 heavy (non-hydrogen) atoms. The van der Waals surface area contributed by atoms with Gasteiger partial charge in [0.2, 0.25) is 0 Å². The van der Waals surface area contributed by atoms with Crippen molar-refractivity contribution in [1.29, 1.82) is 0 Å². The molecule has 0 saturated heterocycles. The van der Waals surface area contributed by atoms with Gasteiger partial charge < -0.3 is 9.47 Å². The zero-order valence-electron chi connectivity index (χ0n) is 35.7. The molecule has 0 fully saturated rings. The second-order valence-electron chi connectivity index (χ2n) is 17.2. The van der Waals surface area contributed by atoms with Crippen molar-refractivity contribution in [2.45, 2.75) is 0 Å². The van der Waals surface area contributed by atoms with E-state index >= 15 is 0 Å². The Hall–Kier alpha value is -8.02. The highest BCUT2D eigenvalue weighted by atomic mass is 32.1. The largest absolute Gasteiger partial charge is 0.309 e. The van der Waals surface area contributed by atoms with Crippen LogP contribution >= 0.6 is 22.7 Å². The molecule has 4 heteroatoms. The molecule has 0 aliphatic rings. The van der Waals surface area contributed by atoms with Gasteiger partial charge in [-0.3, -0.25) is 0 Å². The highest BCUT2D eigenvalue weighted by Gasteiger charge is 2.25. The topological polar surface area (TPSA) is 8.17 Å². The molecule has 0 aliphatic carbocycles. The first-order valence-electron chi connectivity index (χ1n) is 22.5. The van der Waals surface area contributed by atoms with E-state index in [1.165, 1.54) is 112 Å². The Morgan fingerprint density at radius 1 is 0.333 bits per heavy atom. The van der Waals surface area contributed by atoms with Crippen molar-refractivity contribution in [1.82, 2.24) is 4.57 Å². The van der Waals surface area contributed by atoms with E-state index in [0.29, 0.717) is 0 Å². The Labute approximate surface area is 389 Å². The standard InChI is InChI=1S/C62H38N2S2/c1-3-18-44-39(14-1)16-11-23-45(44)41-30-33-43(34-31-41)63(54-26-13-27-55-60(54)50-21-5-8-24-53(50)64(55)52-25-12-17-40-15-2-4-19-46(40)52)56-37-36-47(62-61(56)51-22-7-10-29-58(51)66-62)42-32-35-49-48-20-6-9-28-57(48)65-59(49)38-42/h1-38H. The smallest absolute Gasteiger partial charge is 0.0562 e. The third-order valence-corrected chi connectivity index (χ3v) is 15.9. The van der Waals surface area contributed by atoms with E-state index in [1.807, 2.05) is 22.7 Å². The van der Waals surface area contributed by atoms with Crippen LogP contribution in [0.2, 0.25) is 0 Å². The normalized spacial score (nSPS) is 11.9. The maximum Gasteiger partial charge on any atom is 0.0562 e. The maximum absolute atomic E-state index is 2.54. The first-order valence-corrected chi connectivity index (χ1v) is 24.1. The van der Waals surface area contributed by atoms with Crippen LogP contribution in [0.3, 0.4) is 0 Å². The van der Waals surface area contributed by atoms with Gasteiger partial charge in [-0.15, -0.1) is 22.7 Å². The van der Waals surface area contributed by atoms with Crippen molar-refractivity contribution in [3.8, 4) is 27.9 Å². The highest BCUT2D eigenvalue weighted by molar-refractivity contribution is 7.26. The molecule has 14 aromatic rings. The summed E-state index contributed by atoms with van der Waals surface area (Å²) in [4.78, 5) is 2.54. The number of thiophene rings is 2. The molecule has 0 unspecified atom stereocenters. The van der Waals surface area contributed by atoms with Crippen LogP contribution in [0.25, 0.3) is 112 Å². The number of rotatable bonds is 6. The zero-order valence-corrected chi connectivity index (χ0v) is 37.3. The van der Waals surface area contributed by atoms with Gasteiger partial charge in [0.25, 0.3) is 0 Å². The van der Waals surface area contributed by atoms with Gasteiger partial charge in [0.15, 0.2) is 0 Å². The molecule has 0 radical (unpaired) electrons. The Bertz CT molecular complexity index is 4230. The molecule has 0 atom stereocenters. The van der Waals surface area contributed by atoms with Gasteiger partial charge in [-0.1, -0.05) is 170 Å². The molecule has 0 spiro atoms. The van der Waals surface area contributed by atoms with Crippen molar-refractivity contribution in [2.75, 3.05) is 4.90 Å². The summed E-state index contributed by atoms with van der Waals surface area (Å²) in [5.74, 6) is 0. The number of para-hydroxylation sites is 1. The van der Waals surface area contributed by atoms with Crippen LogP contribution in [0.1, 0.15) is 0 Å². The minimum Gasteiger partial charge on any atom is -0.309 e. The van der Waals surface area contributed by atoms with Crippen molar-refractivity contribution in [3.05, 3.63) is 231 Å². The Morgan fingerprint density at radius 2 is 0.924 bits per heavy atom. The van der Waals surface area contributed by atoms with Crippen LogP contribution in [0, 0.1) is 0 Å². The van der Waals surface area contributed by atoms with Gasteiger partial charge >= 0.3 is 0 Å². The quantitative estimate of drug-likeness (QED) is 0.162. The second kappa shape index (κ2) is 14.8. The van der Waals surface area contributed by atoms with E-state index < -0.39 is 0 Å². The fourth-order valence-electron chi connectivity index (χ4n) is 10.6. The van der Waals surface area contributed by atoms with Gasteiger partial charge in [0.1, 0.15) is 0 Å². The minimum atomic E-state index is 1.10. The van der Waals surface area contributed by atoms with E-state index in [2.05, 4.69) is 240 Å². The lowest BCUT2D eigenvalue weighted by Gasteiger charge is -2.28. The molecule has 0 saturated carbocycles. The van der Waals surface area contributed by atoms with Crippen molar-refractivity contribution in [3.63, 3.8) is 0 Å². The molecule has 11 aromatic carbocycles. The third-order valence-electron chi connectivity index (χ3n) is 13.6. The Balaban J connectivity index is 1.05. The maximum atomic E-state index is 2.54. The second-order valence-corrected chi connectivity index (χ2v) is 19.3. The Kier molecular flexibility index (Phi) is 8.36. The number of hydrogen-bond acceptors (Lipinski definition) is 3. The lowest BCUT2D eigenvalue weighted by molar-refractivity contribution is 1.20. The third kappa shape index (κ3) is 5.66. The van der Waals surface area contributed by atoms with Crippen LogP contribution < -0.4 is 4.90 Å². The van der Waals surface area contributed by atoms with Crippen LogP contribution in [0.5, 0.6) is 0 Å². The number of fused-ring (bicyclic) bond motifs is 11. The first-order chi connectivity index (χ1) is 32.7. The van der Waals surface area contributed by atoms with Crippen LogP contribution in [-0.4, -0.2) is 4.57 Å². The number of aromatic nitrogens is 1. The molecule has 0 amide bonds. The van der Waals surface area contributed by atoms with Crippen LogP contribution in [-0.2, 0) is 0 Å². The number of anilines is 3. The zero-order chi connectivity index (χ0) is 43.3. The SMILES string of the molecule is c1ccc2c(-c3ccc(N(c4ccc(-c5ccc6c(c5)sc5ccccc56)c5sc6ccccc6c45)c4cccc5c4c4ccccc4n5-c4cccc5ccccc45)cc3)cccc2c1. The van der Waals surface area contributed by atoms with Crippen molar-refractivity contribution < 1.29 is 0 Å². The average Bonchev–Trinajstić information content (AvgIpc) is 4.06. The number of nitrogens with zero attached hydrogens (tertiary/aromatic N) is 2. The fourth-order valence-corrected chi connectivity index (χ4v) is 13.0. The summed E-state index contributed by atoms with van der Waals surface area (Å²) >= 11 is 3.78. The van der Waals surface area contributed by atoms with Crippen LogP contribution in [0.4, 0.5) is 17.1 Å². The molecule has 308 valence electrons. The molecule has 0 bridgehead atoms. The molecule has 0 N–H and O–H groups in total. The van der Waals surface area contributed by atoms with Crippen LogP contribution in [0.15, 0.2) is 231 Å². The first kappa shape index (κ1) is 37.4. The number of benzene rings is 11. The number of hydrogen-bond donors (Lipinski definition) is 0. The van der Waals surface area contributed by atoms with Gasteiger partial charge in [0, 0.05) is 62.2 Å². The van der Waals surface area contributed by atoms with E-state index in [4.69, 9.17) is 0 Å². The van der Waals surface area contributed by atoms with Gasteiger partial charge in [-0.25, -0.2) is 0 Å². The summed E-state index contributed by atoms with van der Waals surface area (Å²) in [6.45, 7) is 0. The lowest BCUT2D eigenvalue weighted by atomic mass is 9.97. The van der Waals surface area contributed by atoms with Gasteiger partial charge in [-0.2, -0.15) is 0 Å². The van der Waals surface area contributed by atoms with E-state index in [0.717, 1.165) is 17.1 Å². The van der Waals surface area contributed by atoms with Crippen molar-refractivity contribution in [2.24, 2.45) is 0 Å². The molecule has 3 aromatic heterocycles. The molecular weight excluding hydrogens is 837 g/mol. The molecular formula is C62H38N2S2. The summed E-state index contributed by atoms with van der Waals surface area (Å²) < 4.78 is 7.68. The minimum absolute atomic E-state index is 1.10. The molecule has 2 nitrogen and oxygen atoms in total. The lowest BCUT2D eigenvalue weighted by Crippen LogP contribution is -2.11. The predicted molar refractivity (Wildman–Crippen MR) is 287 cm³/mol. The molecule has 3 heterocycles. The average molecular weight is 875 g/mol. The van der Waals surface area contributed by atoms with Crippen molar-refractivity contribution >= 4 is 123 Å². The summed E-state index contributed by atoms with van der Waals surface area (Å²) in [7, 11) is 0. The Morgan fingerprint density at radius 3 is 1.76 bits per heavy atom. The molecule has 14 rings (SSSR count). The highest BCUT2D eigenvalue weighted by Crippen LogP contribution is 2.51. The van der Waals surface area contributed by atoms with Gasteiger partial charge in [-0.05, 0) is 99.1 Å². The van der Waals surface area contributed by atoms with Gasteiger partial charge in [0.05, 0.1) is 28.1 Å². The monoisotopic (exact) mass is 874 g/mol. The summed E-state index contributed by atoms with van der Waals surface area (Å²) in [5.41, 5.74) is 11.8. The van der Waals surface area contributed by atoms with E-state index in [1.54, 1.807) is 0 Å². The summed E-state index contributed by atoms with van der Waals surface area (Å²) in [6, 6.07) is 85.3. The predicted octanol–water partition coefficient (Wildman–Crippen LogP) is 18.6. The van der Waals surface area contributed by atoms with E-state index in [9.17, 15) is 0 Å². The molecule has 0 aliphatic heterocycles. The summed E-state index contributed by atoms with van der Waals surface area (Å²) in [5, 5.41) is 12.5.